The van der Waals surface area contributed by atoms with Crippen LogP contribution in [0.15, 0.2) is 60.8 Å². The van der Waals surface area contributed by atoms with Crippen molar-refractivity contribution in [2.45, 2.75) is 58.3 Å². The van der Waals surface area contributed by atoms with Crippen molar-refractivity contribution in [2.75, 3.05) is 0 Å². The second-order valence-corrected chi connectivity index (χ2v) is 7.78. The Morgan fingerprint density at radius 1 is 0.852 bits per heavy atom. The molecular formula is C26H30N+. The minimum absolute atomic E-state index is 0.0922. The Kier molecular flexibility index (Phi) is 4.86. The lowest BCUT2D eigenvalue weighted by Crippen LogP contribution is -2.27. The van der Waals surface area contributed by atoms with E-state index in [1.54, 1.807) is 0 Å². The number of aromatic nitrogens is 1. The van der Waals surface area contributed by atoms with Gasteiger partial charge in [-0.05, 0) is 59.7 Å². The molecule has 0 saturated heterocycles. The number of rotatable bonds is 5. The van der Waals surface area contributed by atoms with Crippen molar-refractivity contribution >= 4 is 17.0 Å². The van der Waals surface area contributed by atoms with Crippen LogP contribution in [0.4, 0.5) is 0 Å². The van der Waals surface area contributed by atoms with Crippen molar-refractivity contribution in [1.82, 2.24) is 0 Å². The van der Waals surface area contributed by atoms with E-state index in [0.29, 0.717) is 0 Å². The average Bonchev–Trinajstić information content (AvgIpc) is 2.87. The van der Waals surface area contributed by atoms with Gasteiger partial charge in [0.1, 0.15) is 0 Å². The van der Waals surface area contributed by atoms with Gasteiger partial charge in [-0.2, -0.15) is 4.57 Å². The van der Waals surface area contributed by atoms with Crippen molar-refractivity contribution in [3.63, 3.8) is 0 Å². The molecule has 1 aliphatic heterocycles. The van der Waals surface area contributed by atoms with E-state index in [4.69, 9.17) is 0 Å². The van der Waals surface area contributed by atoms with Crippen LogP contribution in [0.1, 0.15) is 57.6 Å². The first-order valence-electron chi connectivity index (χ1n) is 10.5. The Hall–Kier alpha value is -2.41. The van der Waals surface area contributed by atoms with Crippen LogP contribution in [0.5, 0.6) is 0 Å². The minimum atomic E-state index is 0.0922. The first kappa shape index (κ1) is 18.0. The van der Waals surface area contributed by atoms with Crippen LogP contribution in [0.25, 0.3) is 28.2 Å². The molecule has 138 valence electrons. The van der Waals surface area contributed by atoms with E-state index in [1.807, 2.05) is 0 Å². The van der Waals surface area contributed by atoms with Gasteiger partial charge in [0.25, 0.3) is 0 Å². The molecule has 0 spiro atoms. The molecule has 0 N–H and O–H groups in total. The Bertz CT molecular complexity index is 992. The molecule has 1 heteroatoms. The number of hydrogen-bond donors (Lipinski definition) is 0. The summed E-state index contributed by atoms with van der Waals surface area (Å²) in [6.07, 6.45) is 12.7. The molecule has 27 heavy (non-hydrogen) atoms. The summed E-state index contributed by atoms with van der Waals surface area (Å²) >= 11 is 0. The minimum Gasteiger partial charge on any atom is -0.167 e. The molecule has 0 saturated carbocycles. The van der Waals surface area contributed by atoms with Gasteiger partial charge in [-0.1, -0.05) is 57.5 Å². The zero-order chi connectivity index (χ0) is 18.9. The standard InChI is InChI=1S/C26H30N/c1-4-7-11-20-12-10-13-22-21(20)15-16-23-25(22)24-14-8-9-18-27(24)19-17-26(23,5-2)6-3/h8-10,12-19H,4-7,11H2,1-3H3/q+1. The molecule has 4 rings (SSSR count). The van der Waals surface area contributed by atoms with Gasteiger partial charge in [0.15, 0.2) is 12.4 Å². The maximum absolute atomic E-state index is 2.43. The molecule has 0 aliphatic carbocycles. The molecule has 0 bridgehead atoms. The molecule has 1 aromatic heterocycles. The maximum atomic E-state index is 2.43. The topological polar surface area (TPSA) is 3.88 Å². The van der Waals surface area contributed by atoms with E-state index in [9.17, 15) is 0 Å². The molecule has 0 amide bonds. The van der Waals surface area contributed by atoms with E-state index < -0.39 is 0 Å². The fourth-order valence-electron chi connectivity index (χ4n) is 4.68. The maximum Gasteiger partial charge on any atom is 0.218 e. The van der Waals surface area contributed by atoms with Crippen molar-refractivity contribution < 1.29 is 4.57 Å². The van der Waals surface area contributed by atoms with E-state index in [-0.39, 0.29) is 5.41 Å². The Morgan fingerprint density at radius 3 is 2.48 bits per heavy atom. The van der Waals surface area contributed by atoms with Gasteiger partial charge in [-0.25, -0.2) is 0 Å². The number of fused-ring (bicyclic) bond motifs is 5. The molecule has 0 fully saturated rings. The number of allylic oxidation sites excluding steroid dienone is 1. The average molecular weight is 357 g/mol. The summed E-state index contributed by atoms with van der Waals surface area (Å²) in [5.41, 5.74) is 5.76. The van der Waals surface area contributed by atoms with Crippen molar-refractivity contribution in [2.24, 2.45) is 0 Å². The number of pyridine rings is 1. The molecule has 2 heterocycles. The third kappa shape index (κ3) is 2.90. The molecule has 1 aliphatic rings. The summed E-state index contributed by atoms with van der Waals surface area (Å²) < 4.78 is 2.30. The van der Waals surface area contributed by atoms with E-state index >= 15 is 0 Å². The highest BCUT2D eigenvalue weighted by Crippen LogP contribution is 2.44. The lowest BCUT2D eigenvalue weighted by atomic mass is 9.72. The van der Waals surface area contributed by atoms with Crippen LogP contribution in [-0.4, -0.2) is 0 Å². The number of unbranched alkanes of at least 4 members (excludes halogenated alkanes) is 1. The molecule has 0 atom stereocenters. The predicted octanol–water partition coefficient (Wildman–Crippen LogP) is 6.68. The summed E-state index contributed by atoms with van der Waals surface area (Å²) in [5.74, 6) is 0. The van der Waals surface area contributed by atoms with Gasteiger partial charge in [0, 0.05) is 17.5 Å². The smallest absolute Gasteiger partial charge is 0.167 e. The van der Waals surface area contributed by atoms with Gasteiger partial charge >= 0.3 is 0 Å². The number of benzene rings is 2. The van der Waals surface area contributed by atoms with E-state index in [2.05, 4.69) is 92.3 Å². The van der Waals surface area contributed by atoms with Crippen molar-refractivity contribution in [1.29, 1.82) is 0 Å². The summed E-state index contributed by atoms with van der Waals surface area (Å²) in [7, 11) is 0. The third-order valence-electron chi connectivity index (χ3n) is 6.45. The van der Waals surface area contributed by atoms with Gasteiger partial charge in [0.2, 0.25) is 5.69 Å². The predicted molar refractivity (Wildman–Crippen MR) is 116 cm³/mol. The Balaban J connectivity index is 2.08. The Labute approximate surface area is 163 Å². The largest absolute Gasteiger partial charge is 0.218 e. The van der Waals surface area contributed by atoms with Crippen LogP contribution < -0.4 is 4.57 Å². The normalized spacial score (nSPS) is 14.6. The van der Waals surface area contributed by atoms with Gasteiger partial charge in [0.05, 0.1) is 5.56 Å². The lowest BCUT2D eigenvalue weighted by molar-refractivity contribution is -0.556. The summed E-state index contributed by atoms with van der Waals surface area (Å²) in [5, 5.41) is 2.82. The second-order valence-electron chi connectivity index (χ2n) is 7.78. The number of aryl methyl sites for hydroxylation is 1. The van der Waals surface area contributed by atoms with Crippen LogP contribution in [0.3, 0.4) is 0 Å². The molecule has 2 aromatic carbocycles. The van der Waals surface area contributed by atoms with E-state index in [1.165, 1.54) is 46.0 Å². The van der Waals surface area contributed by atoms with Crippen molar-refractivity contribution in [3.8, 4) is 11.3 Å². The molecule has 3 aromatic rings. The summed E-state index contributed by atoms with van der Waals surface area (Å²) in [6.45, 7) is 6.91. The van der Waals surface area contributed by atoms with Gasteiger partial charge in [-0.3, -0.25) is 0 Å². The molecule has 0 unspecified atom stereocenters. The zero-order valence-electron chi connectivity index (χ0n) is 16.8. The van der Waals surface area contributed by atoms with Crippen LogP contribution in [0, 0.1) is 0 Å². The Morgan fingerprint density at radius 2 is 1.70 bits per heavy atom. The lowest BCUT2D eigenvalue weighted by Gasteiger charge is -2.29. The van der Waals surface area contributed by atoms with Crippen LogP contribution >= 0.6 is 0 Å². The number of nitrogens with zero attached hydrogens (tertiary/aromatic N) is 1. The third-order valence-corrected chi connectivity index (χ3v) is 6.45. The number of hydrogen-bond acceptors (Lipinski definition) is 0. The highest BCUT2D eigenvalue weighted by Gasteiger charge is 2.34. The first-order chi connectivity index (χ1) is 13.2. The van der Waals surface area contributed by atoms with Gasteiger partial charge in [-0.15, -0.1) is 0 Å². The fourth-order valence-corrected chi connectivity index (χ4v) is 4.68. The monoisotopic (exact) mass is 356 g/mol. The van der Waals surface area contributed by atoms with Gasteiger partial charge < -0.3 is 0 Å². The van der Waals surface area contributed by atoms with E-state index in [0.717, 1.165) is 19.3 Å². The second kappa shape index (κ2) is 7.31. The highest BCUT2D eigenvalue weighted by atomic mass is 14.9. The first-order valence-corrected chi connectivity index (χ1v) is 10.5. The highest BCUT2D eigenvalue weighted by molar-refractivity contribution is 5.99. The zero-order valence-corrected chi connectivity index (χ0v) is 16.8. The van der Waals surface area contributed by atoms with Crippen LogP contribution in [-0.2, 0) is 11.8 Å². The van der Waals surface area contributed by atoms with Crippen molar-refractivity contribution in [3.05, 3.63) is 71.9 Å². The van der Waals surface area contributed by atoms with Crippen LogP contribution in [0.2, 0.25) is 0 Å². The molecule has 0 radical (unpaired) electrons. The SMILES string of the molecule is CCCCc1cccc2c3c(ccc12)C(CC)(CC)C=C[n+]1ccccc1-3. The summed E-state index contributed by atoms with van der Waals surface area (Å²) in [6, 6.07) is 18.2. The fraction of sp³-hybridized carbons (Fsp3) is 0.346. The summed E-state index contributed by atoms with van der Waals surface area (Å²) in [4.78, 5) is 0. The molecule has 1 nitrogen and oxygen atoms in total. The quantitative estimate of drug-likeness (QED) is 0.449. The molecular weight excluding hydrogens is 326 g/mol.